The van der Waals surface area contributed by atoms with E-state index in [0.717, 1.165) is 17.8 Å². The van der Waals surface area contributed by atoms with Crippen LogP contribution in [0.15, 0.2) is 24.3 Å². The summed E-state index contributed by atoms with van der Waals surface area (Å²) in [7, 11) is 1.44. The first-order valence-corrected chi connectivity index (χ1v) is 6.44. The van der Waals surface area contributed by atoms with Crippen LogP contribution in [0.1, 0.15) is 16.5 Å². The Bertz CT molecular complexity index is 576. The van der Waals surface area contributed by atoms with Crippen molar-refractivity contribution in [2.24, 2.45) is 0 Å². The van der Waals surface area contributed by atoms with Crippen molar-refractivity contribution >= 4 is 27.4 Å². The minimum absolute atomic E-state index is 0.197. The third kappa shape index (κ3) is 1.64. The van der Waals surface area contributed by atoms with Gasteiger partial charge in [-0.3, -0.25) is 5.32 Å². The van der Waals surface area contributed by atoms with E-state index in [1.54, 1.807) is 11.3 Å². The number of hydrogen-bond acceptors (Lipinski definition) is 4. The largest absolute Gasteiger partial charge is 0.468 e. The average molecular weight is 247 g/mol. The number of hydrogen-bond donors (Lipinski definition) is 1. The second kappa shape index (κ2) is 4.13. The minimum atomic E-state index is -0.291. The second-order valence-electron chi connectivity index (χ2n) is 4.10. The third-order valence-electron chi connectivity index (χ3n) is 3.15. The molecule has 88 valence electrons. The monoisotopic (exact) mass is 247 g/mol. The summed E-state index contributed by atoms with van der Waals surface area (Å²) in [5.74, 6) is -0.197. The number of carbonyl (C=O) groups is 1. The van der Waals surface area contributed by atoms with Crippen molar-refractivity contribution in [3.8, 4) is 0 Å². The average Bonchev–Trinajstić information content (AvgIpc) is 2.76. The summed E-state index contributed by atoms with van der Waals surface area (Å²) in [5.41, 5.74) is 1.31. The van der Waals surface area contributed by atoms with Gasteiger partial charge < -0.3 is 4.74 Å². The topological polar surface area (TPSA) is 38.3 Å². The lowest BCUT2D eigenvalue weighted by molar-refractivity contribution is -0.143. The Morgan fingerprint density at radius 3 is 3.12 bits per heavy atom. The second-order valence-corrected chi connectivity index (χ2v) is 5.19. The molecule has 0 spiro atoms. The number of methoxy groups -OCH3 is 1. The fourth-order valence-corrected chi connectivity index (χ4v) is 3.67. The summed E-state index contributed by atoms with van der Waals surface area (Å²) in [6.07, 6.45) is 0.979. The van der Waals surface area contributed by atoms with E-state index < -0.39 is 0 Å². The SMILES string of the molecule is COC(=O)C1NCCc2c1sc1ccccc21. The Labute approximate surface area is 103 Å². The smallest absolute Gasteiger partial charge is 0.328 e. The highest BCUT2D eigenvalue weighted by Gasteiger charge is 2.29. The van der Waals surface area contributed by atoms with Gasteiger partial charge in [0, 0.05) is 16.1 Å². The molecule has 1 aromatic heterocycles. The molecule has 1 atom stereocenters. The Balaban J connectivity index is 2.17. The number of rotatable bonds is 1. The predicted octanol–water partition coefficient (Wildman–Crippen LogP) is 2.26. The molecule has 0 fully saturated rings. The highest BCUT2D eigenvalue weighted by molar-refractivity contribution is 7.19. The molecule has 1 unspecified atom stereocenters. The van der Waals surface area contributed by atoms with Crippen molar-refractivity contribution in [1.29, 1.82) is 0 Å². The van der Waals surface area contributed by atoms with Crippen molar-refractivity contribution in [1.82, 2.24) is 5.32 Å². The summed E-state index contributed by atoms with van der Waals surface area (Å²) in [6.45, 7) is 0.827. The van der Waals surface area contributed by atoms with Crippen LogP contribution in [0.2, 0.25) is 0 Å². The van der Waals surface area contributed by atoms with Gasteiger partial charge in [-0.25, -0.2) is 4.79 Å². The van der Waals surface area contributed by atoms with Gasteiger partial charge in [-0.2, -0.15) is 0 Å². The zero-order valence-corrected chi connectivity index (χ0v) is 10.3. The van der Waals surface area contributed by atoms with Crippen molar-refractivity contribution < 1.29 is 9.53 Å². The lowest BCUT2D eigenvalue weighted by Crippen LogP contribution is -2.34. The number of esters is 1. The number of carbonyl (C=O) groups excluding carboxylic acids is 1. The Kier molecular flexibility index (Phi) is 2.61. The lowest BCUT2D eigenvalue weighted by Gasteiger charge is -2.21. The maximum atomic E-state index is 11.7. The molecule has 0 aliphatic carbocycles. The normalized spacial score (nSPS) is 19.0. The van der Waals surface area contributed by atoms with E-state index in [1.165, 1.54) is 22.8 Å². The zero-order valence-electron chi connectivity index (χ0n) is 9.53. The molecule has 0 saturated carbocycles. The molecule has 4 heteroatoms. The van der Waals surface area contributed by atoms with Gasteiger partial charge in [-0.15, -0.1) is 11.3 Å². The molecule has 1 aliphatic heterocycles. The summed E-state index contributed by atoms with van der Waals surface area (Å²) in [6, 6.07) is 8.02. The first-order valence-electron chi connectivity index (χ1n) is 5.63. The van der Waals surface area contributed by atoms with Gasteiger partial charge in [0.2, 0.25) is 0 Å². The molecule has 3 nitrogen and oxygen atoms in total. The fourth-order valence-electron chi connectivity index (χ4n) is 2.35. The van der Waals surface area contributed by atoms with Crippen molar-refractivity contribution in [2.75, 3.05) is 13.7 Å². The molecule has 1 aliphatic rings. The number of benzene rings is 1. The highest BCUT2D eigenvalue weighted by Crippen LogP contribution is 2.37. The van der Waals surface area contributed by atoms with Gasteiger partial charge in [-0.05, 0) is 23.4 Å². The van der Waals surface area contributed by atoms with E-state index in [9.17, 15) is 4.79 Å². The van der Waals surface area contributed by atoms with Crippen molar-refractivity contribution in [2.45, 2.75) is 12.5 Å². The highest BCUT2D eigenvalue weighted by atomic mass is 32.1. The van der Waals surface area contributed by atoms with Crippen molar-refractivity contribution in [3.05, 3.63) is 34.7 Å². The minimum Gasteiger partial charge on any atom is -0.468 e. The summed E-state index contributed by atoms with van der Waals surface area (Å²) < 4.78 is 6.09. The maximum Gasteiger partial charge on any atom is 0.328 e. The van der Waals surface area contributed by atoms with E-state index in [4.69, 9.17) is 4.74 Å². The number of ether oxygens (including phenoxy) is 1. The van der Waals surface area contributed by atoms with Crippen LogP contribution in [0.25, 0.3) is 10.1 Å². The van der Waals surface area contributed by atoms with Crippen LogP contribution in [-0.4, -0.2) is 19.6 Å². The van der Waals surface area contributed by atoms with E-state index in [1.807, 2.05) is 12.1 Å². The number of thiophene rings is 1. The van der Waals surface area contributed by atoms with E-state index in [0.29, 0.717) is 0 Å². The van der Waals surface area contributed by atoms with Crippen LogP contribution in [0.3, 0.4) is 0 Å². The summed E-state index contributed by atoms with van der Waals surface area (Å²) in [5, 5.41) is 4.50. The molecule has 0 radical (unpaired) electrons. The third-order valence-corrected chi connectivity index (χ3v) is 4.43. The molecule has 0 amide bonds. The standard InChI is InChI=1S/C13H13NO2S/c1-16-13(15)11-12-9(6-7-14-11)8-4-2-3-5-10(8)17-12/h2-5,11,14H,6-7H2,1H3. The molecule has 1 aromatic carbocycles. The fraction of sp³-hybridized carbons (Fsp3) is 0.308. The molecule has 1 N–H and O–H groups in total. The maximum absolute atomic E-state index is 11.7. The lowest BCUT2D eigenvalue weighted by atomic mass is 10.0. The molecule has 2 heterocycles. The summed E-state index contributed by atoms with van der Waals surface area (Å²) >= 11 is 1.69. The molecular formula is C13H13NO2S. The quantitative estimate of drug-likeness (QED) is 0.786. The van der Waals surface area contributed by atoms with Crippen LogP contribution in [0.5, 0.6) is 0 Å². The van der Waals surface area contributed by atoms with Gasteiger partial charge in [-0.1, -0.05) is 18.2 Å². The number of nitrogens with one attached hydrogen (secondary N) is 1. The molecule has 0 bridgehead atoms. The van der Waals surface area contributed by atoms with Gasteiger partial charge in [0.15, 0.2) is 0 Å². The Hall–Kier alpha value is -1.39. The van der Waals surface area contributed by atoms with E-state index >= 15 is 0 Å². The van der Waals surface area contributed by atoms with E-state index in [2.05, 4.69) is 17.4 Å². The molecular weight excluding hydrogens is 234 g/mol. The predicted molar refractivity (Wildman–Crippen MR) is 68.3 cm³/mol. The Morgan fingerprint density at radius 2 is 2.29 bits per heavy atom. The Morgan fingerprint density at radius 1 is 1.47 bits per heavy atom. The van der Waals surface area contributed by atoms with Crippen LogP contribution < -0.4 is 5.32 Å². The first kappa shape index (κ1) is 10.7. The van der Waals surface area contributed by atoms with Crippen LogP contribution >= 0.6 is 11.3 Å². The van der Waals surface area contributed by atoms with Crippen molar-refractivity contribution in [3.63, 3.8) is 0 Å². The molecule has 17 heavy (non-hydrogen) atoms. The molecule has 2 aromatic rings. The zero-order chi connectivity index (χ0) is 11.8. The van der Waals surface area contributed by atoms with Crippen LogP contribution in [-0.2, 0) is 16.0 Å². The summed E-state index contributed by atoms with van der Waals surface area (Å²) in [4.78, 5) is 12.8. The first-order chi connectivity index (χ1) is 8.31. The van der Waals surface area contributed by atoms with Gasteiger partial charge >= 0.3 is 5.97 Å². The van der Waals surface area contributed by atoms with Gasteiger partial charge in [0.25, 0.3) is 0 Å². The molecule has 3 rings (SSSR count). The van der Waals surface area contributed by atoms with Gasteiger partial charge in [0.05, 0.1) is 7.11 Å². The molecule has 0 saturated heterocycles. The van der Waals surface area contributed by atoms with Gasteiger partial charge in [0.1, 0.15) is 6.04 Å². The van der Waals surface area contributed by atoms with Crippen LogP contribution in [0.4, 0.5) is 0 Å². The number of fused-ring (bicyclic) bond motifs is 3. The van der Waals surface area contributed by atoms with Crippen LogP contribution in [0, 0.1) is 0 Å². The van der Waals surface area contributed by atoms with E-state index in [-0.39, 0.29) is 12.0 Å².